The lowest BCUT2D eigenvalue weighted by Gasteiger charge is -2.05. The number of ether oxygens (including phenoxy) is 2. The number of esters is 2. The predicted octanol–water partition coefficient (Wildman–Crippen LogP) is 2.67. The normalized spacial score (nSPS) is 9.80. The average Bonchev–Trinajstić information content (AvgIpc) is 2.49. The largest absolute Gasteiger partial charge is 0.466 e. The van der Waals surface area contributed by atoms with Crippen molar-refractivity contribution in [3.63, 3.8) is 0 Å². The summed E-state index contributed by atoms with van der Waals surface area (Å²) in [5.41, 5.74) is 1.13. The van der Waals surface area contributed by atoms with Gasteiger partial charge in [-0.3, -0.25) is 4.79 Å². The van der Waals surface area contributed by atoms with E-state index in [1.165, 1.54) is 0 Å². The van der Waals surface area contributed by atoms with Crippen LogP contribution in [0.25, 0.3) is 0 Å². The molecule has 0 aliphatic heterocycles. The minimum Gasteiger partial charge on any atom is -0.466 e. The highest BCUT2D eigenvalue weighted by Gasteiger charge is 2.03. The van der Waals surface area contributed by atoms with E-state index in [4.69, 9.17) is 9.47 Å². The Morgan fingerprint density at radius 3 is 2.35 bits per heavy atom. The minimum absolute atomic E-state index is 0.197. The molecule has 1 rings (SSSR count). The topological polar surface area (TPSA) is 52.6 Å². The summed E-state index contributed by atoms with van der Waals surface area (Å²) in [6.07, 6.45) is 3.56. The maximum atomic E-state index is 11.5. The fourth-order valence-electron chi connectivity index (χ4n) is 1.59. The number of carbonyl (C=O) groups excluding carboxylic acids is 2. The quantitative estimate of drug-likeness (QED) is 0.395. The highest BCUT2D eigenvalue weighted by molar-refractivity contribution is 5.81. The molecular formula is C16H20O4. The Morgan fingerprint density at radius 1 is 1.05 bits per heavy atom. The summed E-state index contributed by atoms with van der Waals surface area (Å²) in [4.78, 5) is 22.2. The first-order valence-corrected chi connectivity index (χ1v) is 6.71. The van der Waals surface area contributed by atoms with E-state index in [9.17, 15) is 9.59 Å². The molecule has 0 radical (unpaired) electrons. The molecule has 1 aromatic rings. The van der Waals surface area contributed by atoms with Crippen molar-refractivity contribution >= 4 is 11.9 Å². The van der Waals surface area contributed by atoms with Gasteiger partial charge in [0.25, 0.3) is 0 Å². The molecule has 0 bridgehead atoms. The van der Waals surface area contributed by atoms with Crippen LogP contribution >= 0.6 is 0 Å². The van der Waals surface area contributed by atoms with Gasteiger partial charge in [0.1, 0.15) is 0 Å². The van der Waals surface area contributed by atoms with Gasteiger partial charge >= 0.3 is 11.9 Å². The van der Waals surface area contributed by atoms with Gasteiger partial charge in [-0.2, -0.15) is 0 Å². The lowest BCUT2D eigenvalue weighted by molar-refractivity contribution is -0.144. The fraction of sp³-hybridized carbons (Fsp3) is 0.375. The third-order valence-electron chi connectivity index (χ3n) is 2.67. The molecule has 0 aromatic heterocycles. The molecule has 0 saturated heterocycles. The fourth-order valence-corrected chi connectivity index (χ4v) is 1.59. The first-order chi connectivity index (χ1) is 9.72. The van der Waals surface area contributed by atoms with Crippen molar-refractivity contribution in [2.45, 2.75) is 25.7 Å². The standard InChI is InChI=1S/C16H20O4/c1-2-15(17)19-12-6-7-13-20-16(18)11-10-14-8-4-3-5-9-14/h2-5,8-9H,1,6-7,10-13H2. The molecule has 0 heterocycles. The smallest absolute Gasteiger partial charge is 0.330 e. The van der Waals surface area contributed by atoms with Gasteiger partial charge in [0.05, 0.1) is 13.2 Å². The number of unbranched alkanes of at least 4 members (excludes halogenated alkanes) is 1. The van der Waals surface area contributed by atoms with Gasteiger partial charge < -0.3 is 9.47 Å². The molecule has 0 atom stereocenters. The lowest BCUT2D eigenvalue weighted by Crippen LogP contribution is -2.08. The molecule has 0 aliphatic carbocycles. The zero-order valence-electron chi connectivity index (χ0n) is 11.5. The molecule has 0 fully saturated rings. The number of hydrogen-bond acceptors (Lipinski definition) is 4. The van der Waals surface area contributed by atoms with E-state index in [2.05, 4.69) is 6.58 Å². The molecule has 20 heavy (non-hydrogen) atoms. The Balaban J connectivity index is 2.00. The van der Waals surface area contributed by atoms with E-state index >= 15 is 0 Å². The van der Waals surface area contributed by atoms with Crippen LogP contribution in [0.15, 0.2) is 43.0 Å². The monoisotopic (exact) mass is 276 g/mol. The summed E-state index contributed by atoms with van der Waals surface area (Å²) in [7, 11) is 0. The Kier molecular flexibility index (Phi) is 7.80. The molecule has 4 heteroatoms. The summed E-state index contributed by atoms with van der Waals surface area (Å²) >= 11 is 0. The van der Waals surface area contributed by atoms with Crippen LogP contribution in [0, 0.1) is 0 Å². The van der Waals surface area contributed by atoms with E-state index < -0.39 is 5.97 Å². The van der Waals surface area contributed by atoms with Crippen LogP contribution in [0.4, 0.5) is 0 Å². The molecule has 0 amide bonds. The van der Waals surface area contributed by atoms with Crippen molar-refractivity contribution in [1.29, 1.82) is 0 Å². The first-order valence-electron chi connectivity index (χ1n) is 6.71. The van der Waals surface area contributed by atoms with Crippen LogP contribution in [0.2, 0.25) is 0 Å². The summed E-state index contributed by atoms with van der Waals surface area (Å²) in [5, 5.41) is 0. The third kappa shape index (κ3) is 7.36. The highest BCUT2D eigenvalue weighted by atomic mass is 16.5. The average molecular weight is 276 g/mol. The maximum Gasteiger partial charge on any atom is 0.330 e. The van der Waals surface area contributed by atoms with Crippen LogP contribution in [0.5, 0.6) is 0 Å². The molecule has 4 nitrogen and oxygen atoms in total. The molecule has 0 spiro atoms. The molecule has 1 aromatic carbocycles. The summed E-state index contributed by atoms with van der Waals surface area (Å²) in [5.74, 6) is -0.623. The Bertz CT molecular complexity index is 425. The Hall–Kier alpha value is -2.10. The molecule has 0 N–H and O–H groups in total. The Labute approximate surface area is 119 Å². The SMILES string of the molecule is C=CC(=O)OCCCCOC(=O)CCc1ccccc1. The van der Waals surface area contributed by atoms with Gasteiger partial charge in [0.2, 0.25) is 0 Å². The number of carbonyl (C=O) groups is 2. The number of aryl methyl sites for hydroxylation is 1. The molecule has 108 valence electrons. The van der Waals surface area contributed by atoms with Crippen molar-refractivity contribution < 1.29 is 19.1 Å². The van der Waals surface area contributed by atoms with E-state index in [-0.39, 0.29) is 5.97 Å². The van der Waals surface area contributed by atoms with Gasteiger partial charge in [0, 0.05) is 12.5 Å². The van der Waals surface area contributed by atoms with Gasteiger partial charge in [-0.1, -0.05) is 36.9 Å². The van der Waals surface area contributed by atoms with E-state index in [0.29, 0.717) is 38.9 Å². The van der Waals surface area contributed by atoms with Crippen LogP contribution in [0.3, 0.4) is 0 Å². The molecular weight excluding hydrogens is 256 g/mol. The van der Waals surface area contributed by atoms with Crippen molar-refractivity contribution in [3.05, 3.63) is 48.6 Å². The second-order valence-electron chi connectivity index (χ2n) is 4.28. The zero-order chi connectivity index (χ0) is 14.6. The third-order valence-corrected chi connectivity index (χ3v) is 2.67. The van der Waals surface area contributed by atoms with Crippen LogP contribution in [0.1, 0.15) is 24.8 Å². The van der Waals surface area contributed by atoms with Crippen molar-refractivity contribution in [2.24, 2.45) is 0 Å². The van der Waals surface area contributed by atoms with E-state index in [1.807, 2.05) is 30.3 Å². The van der Waals surface area contributed by atoms with Gasteiger partial charge in [-0.25, -0.2) is 4.79 Å². The van der Waals surface area contributed by atoms with Gasteiger partial charge in [-0.15, -0.1) is 0 Å². The summed E-state index contributed by atoms with van der Waals surface area (Å²) < 4.78 is 9.90. The Morgan fingerprint density at radius 2 is 1.70 bits per heavy atom. The number of hydrogen-bond donors (Lipinski definition) is 0. The summed E-state index contributed by atoms with van der Waals surface area (Å²) in [6, 6.07) is 9.82. The van der Waals surface area contributed by atoms with Crippen LogP contribution in [-0.4, -0.2) is 25.2 Å². The molecule has 0 saturated carbocycles. The maximum absolute atomic E-state index is 11.5. The highest BCUT2D eigenvalue weighted by Crippen LogP contribution is 2.03. The van der Waals surface area contributed by atoms with Crippen molar-refractivity contribution in [1.82, 2.24) is 0 Å². The van der Waals surface area contributed by atoms with Gasteiger partial charge in [-0.05, 0) is 24.8 Å². The zero-order valence-corrected chi connectivity index (χ0v) is 11.5. The van der Waals surface area contributed by atoms with Crippen LogP contribution < -0.4 is 0 Å². The second kappa shape index (κ2) is 9.78. The van der Waals surface area contributed by atoms with Crippen molar-refractivity contribution in [3.8, 4) is 0 Å². The van der Waals surface area contributed by atoms with Crippen molar-refractivity contribution in [2.75, 3.05) is 13.2 Å². The van der Waals surface area contributed by atoms with E-state index in [0.717, 1.165) is 11.6 Å². The van der Waals surface area contributed by atoms with E-state index in [1.54, 1.807) is 0 Å². The first kappa shape index (κ1) is 16.0. The second-order valence-corrected chi connectivity index (χ2v) is 4.28. The minimum atomic E-state index is -0.426. The van der Waals surface area contributed by atoms with Crippen LogP contribution in [-0.2, 0) is 25.5 Å². The number of rotatable bonds is 9. The molecule has 0 unspecified atom stereocenters. The molecule has 0 aliphatic rings. The lowest BCUT2D eigenvalue weighted by atomic mass is 10.1. The predicted molar refractivity (Wildman–Crippen MR) is 76.1 cm³/mol. The van der Waals surface area contributed by atoms with Gasteiger partial charge in [0.15, 0.2) is 0 Å². The summed E-state index contributed by atoms with van der Waals surface area (Å²) in [6.45, 7) is 3.99. The number of benzene rings is 1.